The molecule has 0 spiro atoms. The zero-order valence-corrected chi connectivity index (χ0v) is 15.8. The lowest BCUT2D eigenvalue weighted by atomic mass is 10.2. The summed E-state index contributed by atoms with van der Waals surface area (Å²) < 4.78 is 43.1. The first-order chi connectivity index (χ1) is 11.4. The Kier molecular flexibility index (Phi) is 9.28. The first-order valence-electron chi connectivity index (χ1n) is 8.16. The van der Waals surface area contributed by atoms with Crippen LogP contribution in [0.25, 0.3) is 0 Å². The molecule has 0 atom stereocenters. The van der Waals surface area contributed by atoms with E-state index < -0.39 is 10.0 Å². The average molecular weight is 359 g/mol. The van der Waals surface area contributed by atoms with Crippen molar-refractivity contribution in [2.45, 2.75) is 32.1 Å². The predicted molar refractivity (Wildman–Crippen MR) is 94.0 cm³/mol. The van der Waals surface area contributed by atoms with E-state index in [0.717, 1.165) is 5.56 Å². The van der Waals surface area contributed by atoms with Crippen LogP contribution < -0.4 is 9.46 Å². The molecule has 1 aromatic rings. The fourth-order valence-electron chi connectivity index (χ4n) is 1.97. The summed E-state index contributed by atoms with van der Waals surface area (Å²) in [7, 11) is -1.91. The molecule has 1 rings (SSSR count). The zero-order valence-electron chi connectivity index (χ0n) is 15.0. The second-order valence-electron chi connectivity index (χ2n) is 5.99. The lowest BCUT2D eigenvalue weighted by molar-refractivity contribution is 0.108. The summed E-state index contributed by atoms with van der Waals surface area (Å²) in [6.07, 6.45) is 0.642. The van der Waals surface area contributed by atoms with Gasteiger partial charge in [0.1, 0.15) is 12.4 Å². The Morgan fingerprint density at radius 1 is 1.17 bits per heavy atom. The van der Waals surface area contributed by atoms with Crippen LogP contribution in [0.15, 0.2) is 23.1 Å². The third-order valence-corrected chi connectivity index (χ3v) is 4.67. The number of nitrogens with one attached hydrogen (secondary N) is 1. The summed E-state index contributed by atoms with van der Waals surface area (Å²) in [5, 5.41) is 0. The van der Waals surface area contributed by atoms with Crippen LogP contribution >= 0.6 is 0 Å². The SMILES string of the molecule is COCCOc1ccc(S(=O)(=O)NCCCOCC(C)C)cc1C. The van der Waals surface area contributed by atoms with E-state index in [9.17, 15) is 8.42 Å². The van der Waals surface area contributed by atoms with Crippen molar-refractivity contribution in [1.29, 1.82) is 0 Å². The van der Waals surface area contributed by atoms with Crippen molar-refractivity contribution < 1.29 is 22.6 Å². The third-order valence-electron chi connectivity index (χ3n) is 3.21. The van der Waals surface area contributed by atoms with Crippen LogP contribution in [0.5, 0.6) is 5.75 Å². The highest BCUT2D eigenvalue weighted by atomic mass is 32.2. The van der Waals surface area contributed by atoms with Gasteiger partial charge in [-0.1, -0.05) is 13.8 Å². The number of aryl methyl sites for hydroxylation is 1. The molecule has 0 fully saturated rings. The van der Waals surface area contributed by atoms with E-state index >= 15 is 0 Å². The normalized spacial score (nSPS) is 11.9. The van der Waals surface area contributed by atoms with Crippen molar-refractivity contribution in [3.63, 3.8) is 0 Å². The van der Waals surface area contributed by atoms with E-state index in [1.807, 2.05) is 6.92 Å². The Morgan fingerprint density at radius 2 is 1.92 bits per heavy atom. The summed E-state index contributed by atoms with van der Waals surface area (Å²) >= 11 is 0. The molecule has 0 saturated carbocycles. The molecule has 7 heteroatoms. The van der Waals surface area contributed by atoms with Gasteiger partial charge in [-0.25, -0.2) is 13.1 Å². The van der Waals surface area contributed by atoms with E-state index in [1.54, 1.807) is 25.3 Å². The standard InChI is InChI=1S/C17H29NO5S/c1-14(2)13-22-9-5-8-18-24(19,20)16-6-7-17(15(3)12-16)23-11-10-21-4/h6-7,12,14,18H,5,8-11,13H2,1-4H3. The second-order valence-corrected chi connectivity index (χ2v) is 7.76. The van der Waals surface area contributed by atoms with Crippen LogP contribution in [-0.2, 0) is 19.5 Å². The van der Waals surface area contributed by atoms with E-state index in [1.165, 1.54) is 0 Å². The Bertz CT molecular complexity index is 587. The summed E-state index contributed by atoms with van der Waals surface area (Å²) in [6, 6.07) is 4.83. The molecule has 0 amide bonds. The van der Waals surface area contributed by atoms with Crippen molar-refractivity contribution in [2.75, 3.05) is 40.1 Å². The van der Waals surface area contributed by atoms with Crippen LogP contribution in [0, 0.1) is 12.8 Å². The molecule has 6 nitrogen and oxygen atoms in total. The van der Waals surface area contributed by atoms with Gasteiger partial charge in [0.15, 0.2) is 0 Å². The first-order valence-corrected chi connectivity index (χ1v) is 9.65. The fraction of sp³-hybridized carbons (Fsp3) is 0.647. The largest absolute Gasteiger partial charge is 0.491 e. The molecule has 138 valence electrons. The minimum Gasteiger partial charge on any atom is -0.491 e. The van der Waals surface area contributed by atoms with E-state index in [4.69, 9.17) is 14.2 Å². The van der Waals surface area contributed by atoms with Gasteiger partial charge >= 0.3 is 0 Å². The summed E-state index contributed by atoms with van der Waals surface area (Å²) in [6.45, 7) is 8.48. The van der Waals surface area contributed by atoms with Crippen LogP contribution in [0.3, 0.4) is 0 Å². The summed E-state index contributed by atoms with van der Waals surface area (Å²) in [5.41, 5.74) is 0.772. The molecule has 0 aliphatic rings. The van der Waals surface area contributed by atoms with Crippen molar-refractivity contribution in [3.05, 3.63) is 23.8 Å². The highest BCUT2D eigenvalue weighted by Crippen LogP contribution is 2.21. The molecule has 1 N–H and O–H groups in total. The van der Waals surface area contributed by atoms with Crippen molar-refractivity contribution in [1.82, 2.24) is 4.72 Å². The van der Waals surface area contributed by atoms with E-state index in [2.05, 4.69) is 18.6 Å². The van der Waals surface area contributed by atoms with E-state index in [-0.39, 0.29) is 4.90 Å². The molecule has 0 aliphatic carbocycles. The van der Waals surface area contributed by atoms with E-state index in [0.29, 0.717) is 51.1 Å². The van der Waals surface area contributed by atoms with Gasteiger partial charge in [-0.3, -0.25) is 0 Å². The highest BCUT2D eigenvalue weighted by molar-refractivity contribution is 7.89. The van der Waals surface area contributed by atoms with Crippen LogP contribution in [0.4, 0.5) is 0 Å². The van der Waals surface area contributed by atoms with Gasteiger partial charge in [-0.05, 0) is 43.0 Å². The zero-order chi connectivity index (χ0) is 18.0. The summed E-state index contributed by atoms with van der Waals surface area (Å²) in [5.74, 6) is 1.14. The fourth-order valence-corrected chi connectivity index (χ4v) is 3.13. The highest BCUT2D eigenvalue weighted by Gasteiger charge is 2.15. The number of hydrogen-bond acceptors (Lipinski definition) is 5. The lowest BCUT2D eigenvalue weighted by Crippen LogP contribution is -2.25. The molecule has 0 aromatic heterocycles. The molecule has 0 heterocycles. The molecule has 0 bridgehead atoms. The Morgan fingerprint density at radius 3 is 2.54 bits per heavy atom. The molecule has 0 aliphatic heterocycles. The van der Waals surface area contributed by atoms with Crippen LogP contribution in [0.2, 0.25) is 0 Å². The topological polar surface area (TPSA) is 73.9 Å². The molecular formula is C17H29NO5S. The van der Waals surface area contributed by atoms with Gasteiger partial charge in [0.2, 0.25) is 10.0 Å². The average Bonchev–Trinajstić information content (AvgIpc) is 2.52. The van der Waals surface area contributed by atoms with Gasteiger partial charge in [0.05, 0.1) is 11.5 Å². The third kappa shape index (κ3) is 7.61. The number of hydrogen-bond donors (Lipinski definition) is 1. The van der Waals surface area contributed by atoms with Gasteiger partial charge in [-0.15, -0.1) is 0 Å². The van der Waals surface area contributed by atoms with Crippen molar-refractivity contribution in [3.8, 4) is 5.75 Å². The van der Waals surface area contributed by atoms with Gasteiger partial charge < -0.3 is 14.2 Å². The van der Waals surface area contributed by atoms with Crippen LogP contribution in [0.1, 0.15) is 25.8 Å². The van der Waals surface area contributed by atoms with Gasteiger partial charge in [-0.2, -0.15) is 0 Å². The maximum absolute atomic E-state index is 12.3. The molecule has 0 unspecified atom stereocenters. The number of methoxy groups -OCH3 is 1. The number of rotatable bonds is 12. The molecule has 0 saturated heterocycles. The summed E-state index contributed by atoms with van der Waals surface area (Å²) in [4.78, 5) is 0.238. The Balaban J connectivity index is 2.50. The van der Waals surface area contributed by atoms with Gasteiger partial charge in [0, 0.05) is 26.9 Å². The smallest absolute Gasteiger partial charge is 0.240 e. The lowest BCUT2D eigenvalue weighted by Gasteiger charge is -2.12. The first kappa shape index (κ1) is 20.9. The quantitative estimate of drug-likeness (QED) is 0.580. The monoisotopic (exact) mass is 359 g/mol. The minimum absolute atomic E-state index is 0.238. The number of ether oxygens (including phenoxy) is 3. The maximum atomic E-state index is 12.3. The number of benzene rings is 1. The molecule has 1 aromatic carbocycles. The number of sulfonamides is 1. The second kappa shape index (κ2) is 10.7. The Labute approximate surface area is 145 Å². The molecule has 24 heavy (non-hydrogen) atoms. The minimum atomic E-state index is -3.51. The maximum Gasteiger partial charge on any atom is 0.240 e. The Hall–Kier alpha value is -1.15. The van der Waals surface area contributed by atoms with Crippen molar-refractivity contribution >= 4 is 10.0 Å². The van der Waals surface area contributed by atoms with Crippen molar-refractivity contribution in [2.24, 2.45) is 5.92 Å². The molecular weight excluding hydrogens is 330 g/mol. The molecule has 0 radical (unpaired) electrons. The predicted octanol–water partition coefficient (Wildman–Crippen LogP) is 2.36. The van der Waals surface area contributed by atoms with Gasteiger partial charge in [0.25, 0.3) is 0 Å². The van der Waals surface area contributed by atoms with Crippen LogP contribution in [-0.4, -0.2) is 48.5 Å².